The molecular formula is C28H20O2. The molecule has 4 aromatic carbocycles. The summed E-state index contributed by atoms with van der Waals surface area (Å²) < 4.78 is 5.79. The number of benzene rings is 4. The second kappa shape index (κ2) is 7.16. The molecule has 0 heterocycles. The van der Waals surface area contributed by atoms with Gasteiger partial charge < -0.3 is 4.74 Å². The van der Waals surface area contributed by atoms with E-state index in [0.717, 1.165) is 36.5 Å². The number of carbonyl (C=O) groups excluding carboxylic acids is 1. The van der Waals surface area contributed by atoms with Gasteiger partial charge in [0.1, 0.15) is 5.75 Å². The van der Waals surface area contributed by atoms with Gasteiger partial charge in [-0.1, -0.05) is 91.5 Å². The molecule has 0 radical (unpaired) electrons. The molecule has 0 bridgehead atoms. The van der Waals surface area contributed by atoms with Gasteiger partial charge in [-0.25, -0.2) is 4.79 Å². The van der Waals surface area contributed by atoms with Crippen molar-refractivity contribution in [2.45, 2.75) is 6.92 Å². The van der Waals surface area contributed by atoms with Gasteiger partial charge in [0, 0.05) is 10.8 Å². The van der Waals surface area contributed by atoms with Crippen molar-refractivity contribution in [1.29, 1.82) is 0 Å². The molecule has 0 amide bonds. The summed E-state index contributed by atoms with van der Waals surface area (Å²) in [5, 5.41) is 8.74. The van der Waals surface area contributed by atoms with Gasteiger partial charge in [-0.2, -0.15) is 0 Å². The average molecular weight is 388 g/mol. The Morgan fingerprint density at radius 2 is 1.00 bits per heavy atom. The number of fused-ring (bicyclic) bond motifs is 4. The number of hydrogen-bond acceptors (Lipinski definition) is 2. The van der Waals surface area contributed by atoms with E-state index < -0.39 is 5.97 Å². The largest absolute Gasteiger partial charge is 0.423 e. The highest BCUT2D eigenvalue weighted by Gasteiger charge is 2.09. The van der Waals surface area contributed by atoms with Crippen LogP contribution in [0.2, 0.25) is 0 Å². The lowest BCUT2D eigenvalue weighted by Crippen LogP contribution is -2.09. The molecule has 0 aliphatic heterocycles. The Kier molecular flexibility index (Phi) is 4.33. The van der Waals surface area contributed by atoms with Crippen LogP contribution in [0.25, 0.3) is 0 Å². The first-order valence-electron chi connectivity index (χ1n) is 9.94. The quantitative estimate of drug-likeness (QED) is 0.223. The summed E-state index contributed by atoms with van der Waals surface area (Å²) in [5.74, 6) is 0.124. The first kappa shape index (κ1) is 18.1. The van der Waals surface area contributed by atoms with Crippen LogP contribution in [-0.4, -0.2) is 5.97 Å². The van der Waals surface area contributed by atoms with E-state index in [2.05, 4.69) is 67.2 Å². The van der Waals surface area contributed by atoms with Crippen LogP contribution in [0.1, 0.15) is 6.92 Å². The van der Waals surface area contributed by atoms with Crippen LogP contribution in [-0.2, 0) is 4.79 Å². The molecule has 0 saturated heterocycles. The Morgan fingerprint density at radius 3 is 1.50 bits per heavy atom. The fourth-order valence-corrected chi connectivity index (χ4v) is 4.15. The summed E-state index contributed by atoms with van der Waals surface area (Å²) in [6.45, 7) is 5.39. The van der Waals surface area contributed by atoms with Gasteiger partial charge in [-0.05, 0) is 49.5 Å². The molecular weight excluding hydrogens is 368 g/mol. The maximum absolute atomic E-state index is 12.4. The molecule has 0 unspecified atom stereocenters. The molecule has 0 aromatic heterocycles. The first-order valence-corrected chi connectivity index (χ1v) is 9.94. The molecule has 1 aliphatic carbocycles. The highest BCUT2D eigenvalue weighted by atomic mass is 16.5. The van der Waals surface area contributed by atoms with E-state index in [4.69, 9.17) is 4.74 Å². The fraction of sp³-hybridized carbons (Fsp3) is 0.0357. The minimum absolute atomic E-state index is 0.373. The van der Waals surface area contributed by atoms with E-state index >= 15 is 0 Å². The topological polar surface area (TPSA) is 26.3 Å². The number of carbonyl (C=O) groups is 1. The minimum Gasteiger partial charge on any atom is -0.423 e. The summed E-state index contributed by atoms with van der Waals surface area (Å²) in [5.41, 5.74) is 0.373. The van der Waals surface area contributed by atoms with Gasteiger partial charge in [-0.3, -0.25) is 0 Å². The van der Waals surface area contributed by atoms with Crippen LogP contribution in [0.3, 0.4) is 0 Å². The monoisotopic (exact) mass is 388 g/mol. The molecule has 5 rings (SSSR count). The summed E-state index contributed by atoms with van der Waals surface area (Å²) in [7, 11) is 0. The summed E-state index contributed by atoms with van der Waals surface area (Å²) >= 11 is 0. The average Bonchev–Trinajstić information content (AvgIpc) is 2.78. The van der Waals surface area contributed by atoms with Crippen LogP contribution < -0.4 is 4.74 Å². The third-order valence-electron chi connectivity index (χ3n) is 5.50. The Morgan fingerprint density at radius 1 is 0.600 bits per heavy atom. The third-order valence-corrected chi connectivity index (χ3v) is 5.50. The van der Waals surface area contributed by atoms with Crippen molar-refractivity contribution in [2.75, 3.05) is 0 Å². The van der Waals surface area contributed by atoms with Gasteiger partial charge in [0.15, 0.2) is 0 Å². The molecule has 4 aromatic rings. The lowest BCUT2D eigenvalue weighted by atomic mass is 10.0. The van der Waals surface area contributed by atoms with Gasteiger partial charge in [0.25, 0.3) is 0 Å². The normalized spacial score (nSPS) is 15.9. The first-order chi connectivity index (χ1) is 14.6. The van der Waals surface area contributed by atoms with Gasteiger partial charge in [-0.15, -0.1) is 0 Å². The van der Waals surface area contributed by atoms with E-state index in [1.54, 1.807) is 6.92 Å². The van der Waals surface area contributed by atoms with E-state index in [1.165, 1.54) is 5.22 Å². The van der Waals surface area contributed by atoms with Crippen LogP contribution in [0.15, 0.2) is 103 Å². The lowest BCUT2D eigenvalue weighted by molar-refractivity contribution is -0.130. The highest BCUT2D eigenvalue weighted by molar-refractivity contribution is 5.88. The van der Waals surface area contributed by atoms with Crippen molar-refractivity contribution in [2.24, 2.45) is 0 Å². The Bertz CT molecular complexity index is 1710. The van der Waals surface area contributed by atoms with E-state index in [9.17, 15) is 4.79 Å². The molecule has 2 nitrogen and oxygen atoms in total. The molecule has 30 heavy (non-hydrogen) atoms. The fourth-order valence-electron chi connectivity index (χ4n) is 4.15. The molecule has 0 spiro atoms. The van der Waals surface area contributed by atoms with Crippen LogP contribution in [0.4, 0.5) is 0 Å². The van der Waals surface area contributed by atoms with Crippen LogP contribution in [0.5, 0.6) is 5.75 Å². The molecule has 2 heteroatoms. The summed E-state index contributed by atoms with van der Waals surface area (Å²) in [6.07, 6.45) is 0. The van der Waals surface area contributed by atoms with E-state index in [1.807, 2.05) is 30.3 Å². The highest BCUT2D eigenvalue weighted by Crippen LogP contribution is 2.20. The maximum Gasteiger partial charge on any atom is 0.338 e. The SMILES string of the molecule is C=C(C)C(=O)Oc1cccc2/c1=c1/cccc/c1=c1\cccc\c1=c1/cccc/c1=2. The maximum atomic E-state index is 12.4. The number of esters is 1. The molecule has 1 aliphatic rings. The van der Waals surface area contributed by atoms with Crippen LogP contribution in [0, 0.1) is 41.7 Å². The number of ether oxygens (including phenoxy) is 1. The third kappa shape index (κ3) is 2.85. The van der Waals surface area contributed by atoms with E-state index in [-0.39, 0.29) is 0 Å². The van der Waals surface area contributed by atoms with Crippen molar-refractivity contribution < 1.29 is 9.53 Å². The summed E-state index contributed by atoms with van der Waals surface area (Å²) in [6, 6.07) is 31.0. The zero-order valence-corrected chi connectivity index (χ0v) is 16.7. The predicted molar refractivity (Wildman–Crippen MR) is 117 cm³/mol. The predicted octanol–water partition coefficient (Wildman–Crippen LogP) is 5.63. The zero-order chi connectivity index (χ0) is 20.7. The minimum atomic E-state index is -0.420. The number of hydrogen-bond donors (Lipinski definition) is 0. The van der Waals surface area contributed by atoms with Crippen molar-refractivity contribution in [3.05, 3.63) is 145 Å². The standard InChI is InChI=1S/C28H20O2/c1-18(2)28(29)30-26-17-9-16-25-23-13-6-5-12-21(23)19-10-3-4-11-20(19)22-14-7-8-15-24(22)27(25)26/h3-17H,1H2,2H3/b21-19-,22-20-,25-23-,27-24+. The number of rotatable bonds is 2. The second-order valence-electron chi connectivity index (χ2n) is 7.49. The van der Waals surface area contributed by atoms with Crippen molar-refractivity contribution in [1.82, 2.24) is 0 Å². The zero-order valence-electron chi connectivity index (χ0n) is 16.7. The van der Waals surface area contributed by atoms with Gasteiger partial charge >= 0.3 is 5.97 Å². The van der Waals surface area contributed by atoms with E-state index in [0.29, 0.717) is 11.3 Å². The van der Waals surface area contributed by atoms with Crippen molar-refractivity contribution >= 4 is 5.97 Å². The smallest absolute Gasteiger partial charge is 0.338 e. The lowest BCUT2D eigenvalue weighted by Gasteiger charge is -2.08. The van der Waals surface area contributed by atoms with Gasteiger partial charge in [0.05, 0.1) is 0 Å². The molecule has 0 fully saturated rings. The molecule has 0 atom stereocenters. The van der Waals surface area contributed by atoms with Crippen molar-refractivity contribution in [3.8, 4) is 5.75 Å². The molecule has 0 N–H and O–H groups in total. The second-order valence-corrected chi connectivity index (χ2v) is 7.49. The summed E-state index contributed by atoms with van der Waals surface area (Å²) in [4.78, 5) is 12.4. The van der Waals surface area contributed by atoms with Gasteiger partial charge in [0.2, 0.25) is 0 Å². The molecule has 0 saturated carbocycles. The Hall–Kier alpha value is -3.91. The Labute approximate surface area is 173 Å². The molecule has 144 valence electrons. The van der Waals surface area contributed by atoms with Crippen LogP contribution >= 0.6 is 0 Å². The Balaban J connectivity index is 2.24. The van der Waals surface area contributed by atoms with Crippen molar-refractivity contribution in [3.63, 3.8) is 0 Å².